The Labute approximate surface area is 138 Å². The summed E-state index contributed by atoms with van der Waals surface area (Å²) in [5, 5.41) is 13.8. The Morgan fingerprint density at radius 1 is 1.52 bits per heavy atom. The third-order valence-corrected chi connectivity index (χ3v) is 3.80. The van der Waals surface area contributed by atoms with E-state index in [0.29, 0.717) is 10.8 Å². The van der Waals surface area contributed by atoms with E-state index in [1.807, 2.05) is 6.07 Å². The first-order valence-electron chi connectivity index (χ1n) is 7.32. The molecule has 0 radical (unpaired) electrons. The quantitative estimate of drug-likeness (QED) is 0.630. The molecule has 1 aliphatic heterocycles. The average Bonchev–Trinajstić information content (AvgIpc) is 3.14. The predicted molar refractivity (Wildman–Crippen MR) is 91.0 cm³/mol. The van der Waals surface area contributed by atoms with Crippen LogP contribution in [0.2, 0.25) is 5.02 Å². The molecular weight excluding hydrogens is 316 g/mol. The number of anilines is 2. The van der Waals surface area contributed by atoms with Gasteiger partial charge < -0.3 is 16.4 Å². The monoisotopic (exact) mass is 332 g/mol. The van der Waals surface area contributed by atoms with Crippen molar-refractivity contribution in [3.05, 3.63) is 34.9 Å². The molecule has 7 nitrogen and oxygen atoms in total. The highest BCUT2D eigenvalue weighted by molar-refractivity contribution is 6.30. The van der Waals surface area contributed by atoms with Crippen LogP contribution in [0.15, 0.2) is 29.3 Å². The molecule has 120 valence electrons. The van der Waals surface area contributed by atoms with Crippen LogP contribution in [0.3, 0.4) is 0 Å². The van der Waals surface area contributed by atoms with Crippen LogP contribution in [0, 0.1) is 0 Å². The fourth-order valence-electron chi connectivity index (χ4n) is 2.46. The van der Waals surface area contributed by atoms with Crippen LogP contribution in [-0.2, 0) is 0 Å². The van der Waals surface area contributed by atoms with Gasteiger partial charge in [0.15, 0.2) is 5.82 Å². The molecule has 1 amide bonds. The summed E-state index contributed by atoms with van der Waals surface area (Å²) in [4.78, 5) is 16.1. The summed E-state index contributed by atoms with van der Waals surface area (Å²) >= 11 is 5.95. The molecule has 1 aliphatic rings. The molecule has 0 saturated carbocycles. The Kier molecular flexibility index (Phi) is 4.59. The number of primary amides is 1. The third kappa shape index (κ3) is 3.69. The number of hydrogen-bond donors (Lipinski definition) is 4. The second kappa shape index (κ2) is 6.80. The number of amides is 1. The lowest BCUT2D eigenvalue weighted by Crippen LogP contribution is -2.22. The van der Waals surface area contributed by atoms with Gasteiger partial charge in [0.1, 0.15) is 11.4 Å². The molecule has 0 bridgehead atoms. The summed E-state index contributed by atoms with van der Waals surface area (Å²) in [5.41, 5.74) is 6.41. The van der Waals surface area contributed by atoms with Crippen molar-refractivity contribution >= 4 is 41.0 Å². The number of hydrogen-bond acceptors (Lipinski definition) is 5. The highest BCUT2D eigenvalue weighted by atomic mass is 35.5. The molecule has 0 aliphatic carbocycles. The topological polar surface area (TPSA) is 108 Å². The van der Waals surface area contributed by atoms with Crippen LogP contribution in [-0.4, -0.2) is 34.9 Å². The molecule has 5 N–H and O–H groups in total. The van der Waals surface area contributed by atoms with Gasteiger partial charge in [-0.15, -0.1) is 0 Å². The molecule has 23 heavy (non-hydrogen) atoms. The Bertz CT molecular complexity index is 735. The fraction of sp³-hybridized carbons (Fsp3) is 0.267. The van der Waals surface area contributed by atoms with E-state index in [1.165, 1.54) is 0 Å². The van der Waals surface area contributed by atoms with Crippen molar-refractivity contribution in [1.29, 1.82) is 0 Å². The van der Waals surface area contributed by atoms with E-state index in [9.17, 15) is 4.79 Å². The summed E-state index contributed by atoms with van der Waals surface area (Å²) in [6, 6.07) is 7.33. The van der Waals surface area contributed by atoms with E-state index in [4.69, 9.17) is 17.3 Å². The number of H-pyrrole nitrogens is 1. The summed E-state index contributed by atoms with van der Waals surface area (Å²) in [6.07, 6.45) is 3.90. The standard InChI is InChI=1S/C15H17ClN6O/c16-9-3-1-4-10(7-9)20-15-12(13(17)23)14(21-22-15)19-8-11-5-2-6-18-11/h1,3-4,7-8,11,18H,2,5-6H2,(H2,17,23)(H2,20,21,22). The Hall–Kier alpha value is -2.38. The van der Waals surface area contributed by atoms with E-state index in [2.05, 4.69) is 25.8 Å². The summed E-state index contributed by atoms with van der Waals surface area (Å²) in [5.74, 6) is 0.0665. The molecule has 1 aromatic heterocycles. The first-order valence-corrected chi connectivity index (χ1v) is 7.69. The Balaban J connectivity index is 1.84. The van der Waals surface area contributed by atoms with Gasteiger partial charge in [0, 0.05) is 23.0 Å². The molecule has 3 rings (SSSR count). The minimum Gasteiger partial charge on any atom is -0.365 e. The number of rotatable bonds is 5. The van der Waals surface area contributed by atoms with Crippen molar-refractivity contribution < 1.29 is 4.79 Å². The number of aromatic nitrogens is 2. The molecular formula is C15H17ClN6O. The SMILES string of the molecule is NC(=O)c1c(N=CC2CCCN2)n[nH]c1Nc1cccc(Cl)c1. The third-order valence-electron chi connectivity index (χ3n) is 3.56. The number of aromatic amines is 1. The summed E-state index contributed by atoms with van der Waals surface area (Å²) in [6.45, 7) is 0.974. The molecule has 1 unspecified atom stereocenters. The summed E-state index contributed by atoms with van der Waals surface area (Å²) < 4.78 is 0. The lowest BCUT2D eigenvalue weighted by molar-refractivity contribution is 0.100. The number of nitrogens with one attached hydrogen (secondary N) is 3. The number of carbonyl (C=O) groups is 1. The zero-order chi connectivity index (χ0) is 16.2. The molecule has 8 heteroatoms. The second-order valence-electron chi connectivity index (χ2n) is 5.28. The molecule has 2 heterocycles. The lowest BCUT2D eigenvalue weighted by atomic mass is 10.2. The van der Waals surface area contributed by atoms with Crippen LogP contribution >= 0.6 is 11.6 Å². The molecule has 1 saturated heterocycles. The maximum absolute atomic E-state index is 11.8. The minimum atomic E-state index is -0.602. The smallest absolute Gasteiger partial charge is 0.256 e. The van der Waals surface area contributed by atoms with Crippen LogP contribution in [0.4, 0.5) is 17.3 Å². The molecule has 1 aromatic carbocycles. The van der Waals surface area contributed by atoms with Crippen molar-refractivity contribution in [2.24, 2.45) is 10.7 Å². The summed E-state index contributed by atoms with van der Waals surface area (Å²) in [7, 11) is 0. The van der Waals surface area contributed by atoms with Crippen LogP contribution in [0.1, 0.15) is 23.2 Å². The number of halogens is 1. The van der Waals surface area contributed by atoms with Gasteiger partial charge in [-0.25, -0.2) is 4.99 Å². The average molecular weight is 333 g/mol. The van der Waals surface area contributed by atoms with E-state index >= 15 is 0 Å². The van der Waals surface area contributed by atoms with Crippen molar-refractivity contribution in [2.45, 2.75) is 18.9 Å². The second-order valence-corrected chi connectivity index (χ2v) is 5.71. The number of nitrogens with zero attached hydrogens (tertiary/aromatic N) is 2. The zero-order valence-corrected chi connectivity index (χ0v) is 13.1. The van der Waals surface area contributed by atoms with Crippen molar-refractivity contribution in [1.82, 2.24) is 15.5 Å². The van der Waals surface area contributed by atoms with Crippen molar-refractivity contribution in [2.75, 3.05) is 11.9 Å². The van der Waals surface area contributed by atoms with E-state index in [1.54, 1.807) is 24.4 Å². The van der Waals surface area contributed by atoms with Crippen molar-refractivity contribution in [3.8, 4) is 0 Å². The van der Waals surface area contributed by atoms with Gasteiger partial charge in [-0.3, -0.25) is 9.89 Å². The molecule has 1 fully saturated rings. The number of benzene rings is 1. The lowest BCUT2D eigenvalue weighted by Gasteiger charge is -2.05. The first-order chi connectivity index (χ1) is 11.1. The van der Waals surface area contributed by atoms with Gasteiger partial charge in [0.05, 0.1) is 0 Å². The predicted octanol–water partition coefficient (Wildman–Crippen LogP) is 2.36. The maximum Gasteiger partial charge on any atom is 0.256 e. The van der Waals surface area contributed by atoms with Crippen LogP contribution < -0.4 is 16.4 Å². The van der Waals surface area contributed by atoms with Crippen molar-refractivity contribution in [3.63, 3.8) is 0 Å². The molecule has 2 aromatic rings. The van der Waals surface area contributed by atoms with E-state index in [0.717, 1.165) is 25.1 Å². The first kappa shape index (κ1) is 15.5. The largest absolute Gasteiger partial charge is 0.365 e. The Morgan fingerprint density at radius 2 is 2.39 bits per heavy atom. The van der Waals surface area contributed by atoms with E-state index in [-0.39, 0.29) is 17.4 Å². The van der Waals surface area contributed by atoms with Crippen LogP contribution in [0.25, 0.3) is 0 Å². The van der Waals surface area contributed by atoms with Gasteiger partial charge in [0.2, 0.25) is 0 Å². The number of aliphatic imine (C=N–C) groups is 1. The zero-order valence-electron chi connectivity index (χ0n) is 12.3. The normalized spacial score (nSPS) is 17.7. The number of carbonyl (C=O) groups excluding carboxylic acids is 1. The minimum absolute atomic E-state index is 0.205. The highest BCUT2D eigenvalue weighted by Crippen LogP contribution is 2.27. The molecule has 0 spiro atoms. The van der Waals surface area contributed by atoms with Gasteiger partial charge >= 0.3 is 0 Å². The highest BCUT2D eigenvalue weighted by Gasteiger charge is 2.19. The Morgan fingerprint density at radius 3 is 3.09 bits per heavy atom. The maximum atomic E-state index is 11.8. The number of nitrogens with two attached hydrogens (primary N) is 1. The van der Waals surface area contributed by atoms with Gasteiger partial charge in [-0.05, 0) is 37.6 Å². The van der Waals surface area contributed by atoms with Crippen LogP contribution in [0.5, 0.6) is 0 Å². The van der Waals surface area contributed by atoms with Gasteiger partial charge in [-0.1, -0.05) is 17.7 Å². The fourth-order valence-corrected chi connectivity index (χ4v) is 2.65. The van der Waals surface area contributed by atoms with Gasteiger partial charge in [-0.2, -0.15) is 5.10 Å². The van der Waals surface area contributed by atoms with Gasteiger partial charge in [0.25, 0.3) is 5.91 Å². The molecule has 1 atom stereocenters. The van der Waals surface area contributed by atoms with E-state index < -0.39 is 5.91 Å².